The number of para-hydroxylation sites is 2. The standard InChI is InChI=1S/C26H26N3.ClH/c1-2-17-29-24-9-5-3-7-22(24)26(23-8-4-6-10-25(23)29)20-11-13-21(14-12-20)28-18-15-27-16-19-28;/h2-14,27H,1,15-19H2;1H/q+1;/p-1. The van der Waals surface area contributed by atoms with Crippen LogP contribution in [-0.4, -0.2) is 26.2 Å². The van der Waals surface area contributed by atoms with Crippen molar-refractivity contribution in [1.29, 1.82) is 0 Å². The summed E-state index contributed by atoms with van der Waals surface area (Å²) in [6.45, 7) is 9.01. The summed E-state index contributed by atoms with van der Waals surface area (Å²) < 4.78 is 2.36. The van der Waals surface area contributed by atoms with E-state index >= 15 is 0 Å². The van der Waals surface area contributed by atoms with Crippen molar-refractivity contribution >= 4 is 27.5 Å². The number of pyridine rings is 1. The fourth-order valence-electron chi connectivity index (χ4n) is 4.51. The first-order valence-electron chi connectivity index (χ1n) is 10.4. The van der Waals surface area contributed by atoms with Crippen molar-refractivity contribution in [3.63, 3.8) is 0 Å². The lowest BCUT2D eigenvalue weighted by Gasteiger charge is -2.29. The fraction of sp³-hybridized carbons (Fsp3) is 0.192. The third kappa shape index (κ3) is 3.55. The summed E-state index contributed by atoms with van der Waals surface area (Å²) in [6.07, 6.45) is 1.97. The monoisotopic (exact) mass is 415 g/mol. The summed E-state index contributed by atoms with van der Waals surface area (Å²) in [7, 11) is 0. The van der Waals surface area contributed by atoms with Gasteiger partial charge in [0.05, 0.1) is 10.8 Å². The van der Waals surface area contributed by atoms with E-state index in [9.17, 15) is 0 Å². The Bertz CT molecular complexity index is 1120. The molecule has 3 nitrogen and oxygen atoms in total. The van der Waals surface area contributed by atoms with Gasteiger partial charge in [0.2, 0.25) is 11.0 Å². The molecule has 0 radical (unpaired) electrons. The molecule has 4 aromatic rings. The Morgan fingerprint density at radius 1 is 0.833 bits per heavy atom. The first kappa shape index (κ1) is 20.4. The molecule has 0 atom stereocenters. The molecular formula is C26H26ClN3. The molecule has 1 saturated heterocycles. The SMILES string of the molecule is C=CC[n+]1c2ccccc2c(-c2ccc(N3CCNCC3)cc2)c2ccccc21.[Cl-]. The van der Waals surface area contributed by atoms with Crippen LogP contribution in [-0.2, 0) is 6.54 Å². The molecule has 152 valence electrons. The topological polar surface area (TPSA) is 19.1 Å². The van der Waals surface area contributed by atoms with Gasteiger partial charge in [-0.3, -0.25) is 0 Å². The number of allylic oxidation sites excluding steroid dienone is 1. The highest BCUT2D eigenvalue weighted by atomic mass is 35.5. The van der Waals surface area contributed by atoms with Crippen molar-refractivity contribution in [3.8, 4) is 11.1 Å². The van der Waals surface area contributed by atoms with Crippen LogP contribution in [0.3, 0.4) is 0 Å². The maximum Gasteiger partial charge on any atom is 0.213 e. The second-order valence-corrected chi connectivity index (χ2v) is 7.59. The number of fused-ring (bicyclic) bond motifs is 2. The van der Waals surface area contributed by atoms with E-state index in [2.05, 4.69) is 94.2 Å². The van der Waals surface area contributed by atoms with Crippen LogP contribution < -0.4 is 27.2 Å². The molecular weight excluding hydrogens is 390 g/mol. The zero-order chi connectivity index (χ0) is 19.6. The van der Waals surface area contributed by atoms with E-state index in [1.54, 1.807) is 0 Å². The van der Waals surface area contributed by atoms with E-state index in [0.717, 1.165) is 32.7 Å². The molecule has 1 aromatic heterocycles. The van der Waals surface area contributed by atoms with Gasteiger partial charge < -0.3 is 22.6 Å². The third-order valence-corrected chi connectivity index (χ3v) is 5.88. The number of rotatable bonds is 4. The molecule has 30 heavy (non-hydrogen) atoms. The Kier molecular flexibility index (Phi) is 6.03. The van der Waals surface area contributed by atoms with Crippen molar-refractivity contribution in [3.05, 3.63) is 85.5 Å². The van der Waals surface area contributed by atoms with Gasteiger partial charge in [-0.25, -0.2) is 0 Å². The summed E-state index contributed by atoms with van der Waals surface area (Å²) in [5.74, 6) is 0. The van der Waals surface area contributed by atoms with Crippen molar-refractivity contribution in [2.24, 2.45) is 0 Å². The van der Waals surface area contributed by atoms with Crippen LogP contribution in [0.4, 0.5) is 5.69 Å². The summed E-state index contributed by atoms with van der Waals surface area (Å²) in [6, 6.07) is 26.5. The number of hydrogen-bond donors (Lipinski definition) is 1. The van der Waals surface area contributed by atoms with Crippen molar-refractivity contribution in [2.75, 3.05) is 31.1 Å². The van der Waals surface area contributed by atoms with Crippen molar-refractivity contribution in [1.82, 2.24) is 5.32 Å². The summed E-state index contributed by atoms with van der Waals surface area (Å²) in [5, 5.41) is 5.99. The molecule has 0 spiro atoms. The molecule has 5 rings (SSSR count). The lowest BCUT2D eigenvalue weighted by Crippen LogP contribution is -3.00. The minimum atomic E-state index is 0. The van der Waals surface area contributed by atoms with E-state index < -0.39 is 0 Å². The van der Waals surface area contributed by atoms with Gasteiger partial charge in [0.1, 0.15) is 0 Å². The Labute approximate surface area is 184 Å². The molecule has 1 N–H and O–H groups in total. The molecule has 0 unspecified atom stereocenters. The quantitative estimate of drug-likeness (QED) is 0.310. The lowest BCUT2D eigenvalue weighted by atomic mass is 9.95. The molecule has 1 aliphatic rings. The zero-order valence-corrected chi connectivity index (χ0v) is 17.8. The van der Waals surface area contributed by atoms with Gasteiger partial charge in [-0.05, 0) is 35.9 Å². The first-order valence-corrected chi connectivity index (χ1v) is 10.4. The predicted octanol–water partition coefficient (Wildman–Crippen LogP) is 1.55. The number of halogens is 1. The second-order valence-electron chi connectivity index (χ2n) is 7.59. The van der Waals surface area contributed by atoms with Gasteiger partial charge in [-0.2, -0.15) is 4.57 Å². The highest BCUT2D eigenvalue weighted by molar-refractivity contribution is 6.07. The Hall–Kier alpha value is -2.88. The first-order chi connectivity index (χ1) is 14.4. The van der Waals surface area contributed by atoms with Crippen LogP contribution in [0.25, 0.3) is 32.9 Å². The molecule has 1 aliphatic heterocycles. The van der Waals surface area contributed by atoms with E-state index in [4.69, 9.17) is 0 Å². The molecule has 0 bridgehead atoms. The molecule has 0 saturated carbocycles. The second kappa shape index (κ2) is 8.86. The minimum absolute atomic E-state index is 0. The summed E-state index contributed by atoms with van der Waals surface area (Å²) >= 11 is 0. The number of nitrogens with zero attached hydrogens (tertiary/aromatic N) is 2. The van der Waals surface area contributed by atoms with E-state index in [1.165, 1.54) is 38.6 Å². The van der Waals surface area contributed by atoms with Gasteiger partial charge in [-0.15, -0.1) is 0 Å². The average molecular weight is 416 g/mol. The Morgan fingerprint density at radius 3 is 1.97 bits per heavy atom. The summed E-state index contributed by atoms with van der Waals surface area (Å²) in [4.78, 5) is 2.46. The molecule has 1 fully saturated rings. The Balaban J connectivity index is 0.00000218. The maximum absolute atomic E-state index is 3.97. The predicted molar refractivity (Wildman–Crippen MR) is 122 cm³/mol. The summed E-state index contributed by atoms with van der Waals surface area (Å²) in [5.41, 5.74) is 6.37. The zero-order valence-electron chi connectivity index (χ0n) is 17.0. The molecule has 4 heteroatoms. The van der Waals surface area contributed by atoms with Gasteiger partial charge in [-0.1, -0.05) is 43.0 Å². The van der Waals surface area contributed by atoms with Gasteiger partial charge in [0.25, 0.3) is 0 Å². The van der Waals surface area contributed by atoms with Gasteiger partial charge in [0.15, 0.2) is 6.54 Å². The van der Waals surface area contributed by atoms with E-state index in [1.807, 2.05) is 6.08 Å². The van der Waals surface area contributed by atoms with Gasteiger partial charge in [0, 0.05) is 49.6 Å². The maximum atomic E-state index is 3.97. The largest absolute Gasteiger partial charge is 1.00 e. The van der Waals surface area contributed by atoms with Gasteiger partial charge >= 0.3 is 0 Å². The normalized spacial score (nSPS) is 13.9. The molecule has 2 heterocycles. The lowest BCUT2D eigenvalue weighted by molar-refractivity contribution is -0.634. The van der Waals surface area contributed by atoms with E-state index in [0.29, 0.717) is 0 Å². The molecule has 0 amide bonds. The van der Waals surface area contributed by atoms with Crippen LogP contribution in [0, 0.1) is 0 Å². The van der Waals surface area contributed by atoms with Crippen molar-refractivity contribution in [2.45, 2.75) is 6.54 Å². The number of nitrogens with one attached hydrogen (secondary N) is 1. The molecule has 0 aliphatic carbocycles. The highest BCUT2D eigenvalue weighted by Gasteiger charge is 2.20. The van der Waals surface area contributed by atoms with Crippen LogP contribution in [0.2, 0.25) is 0 Å². The average Bonchev–Trinajstić information content (AvgIpc) is 2.80. The van der Waals surface area contributed by atoms with E-state index in [-0.39, 0.29) is 12.4 Å². The number of anilines is 1. The molecule has 3 aromatic carbocycles. The number of aromatic nitrogens is 1. The van der Waals surface area contributed by atoms with Crippen LogP contribution in [0.1, 0.15) is 0 Å². The third-order valence-electron chi connectivity index (χ3n) is 5.88. The number of hydrogen-bond acceptors (Lipinski definition) is 2. The van der Waals surface area contributed by atoms with Crippen LogP contribution >= 0.6 is 0 Å². The smallest absolute Gasteiger partial charge is 0.213 e. The van der Waals surface area contributed by atoms with Crippen molar-refractivity contribution < 1.29 is 17.0 Å². The van der Waals surface area contributed by atoms with Crippen LogP contribution in [0.5, 0.6) is 0 Å². The minimum Gasteiger partial charge on any atom is -1.00 e. The number of benzene rings is 3. The Morgan fingerprint density at radius 2 is 1.40 bits per heavy atom. The number of piperazine rings is 1. The van der Waals surface area contributed by atoms with Crippen LogP contribution in [0.15, 0.2) is 85.5 Å². The fourth-order valence-corrected chi connectivity index (χ4v) is 4.51. The highest BCUT2D eigenvalue weighted by Crippen LogP contribution is 2.35.